The molecule has 0 aromatic heterocycles. The average molecular weight is 343 g/mol. The van der Waals surface area contributed by atoms with E-state index in [9.17, 15) is 9.59 Å². The van der Waals surface area contributed by atoms with E-state index in [0.717, 1.165) is 5.56 Å². The number of nitrogens with zero attached hydrogens (tertiary/aromatic N) is 1. The summed E-state index contributed by atoms with van der Waals surface area (Å²) in [6, 6.07) is 13.8. The molecular weight excluding hydrogens is 328 g/mol. The second kappa shape index (κ2) is 8.14. The van der Waals surface area contributed by atoms with Crippen molar-refractivity contribution >= 4 is 29.2 Å². The molecule has 2 aromatic carbocycles. The molecule has 0 atom stereocenters. The number of halogens is 1. The van der Waals surface area contributed by atoms with E-state index in [2.05, 4.69) is 10.1 Å². The summed E-state index contributed by atoms with van der Waals surface area (Å²) in [4.78, 5) is 23.6. The highest BCUT2D eigenvalue weighted by atomic mass is 35.5. The van der Waals surface area contributed by atoms with Crippen LogP contribution in [-0.2, 0) is 16.0 Å². The summed E-state index contributed by atoms with van der Waals surface area (Å²) < 4.78 is 4.64. The second-order valence-electron chi connectivity index (χ2n) is 5.04. The van der Waals surface area contributed by atoms with Crippen molar-refractivity contribution in [1.29, 1.82) is 5.26 Å². The van der Waals surface area contributed by atoms with E-state index < -0.39 is 5.97 Å². The van der Waals surface area contributed by atoms with E-state index in [4.69, 9.17) is 16.9 Å². The largest absolute Gasteiger partial charge is 0.465 e. The summed E-state index contributed by atoms with van der Waals surface area (Å²) in [7, 11) is 1.27. The molecule has 0 fully saturated rings. The maximum Gasteiger partial charge on any atom is 0.339 e. The predicted octanol–water partition coefficient (Wildman–Crippen LogP) is 3.57. The lowest BCUT2D eigenvalue weighted by molar-refractivity contribution is -0.116. The van der Waals surface area contributed by atoms with Crippen LogP contribution < -0.4 is 5.32 Å². The molecule has 0 radical (unpaired) electrons. The van der Waals surface area contributed by atoms with Gasteiger partial charge in [-0.1, -0.05) is 23.7 Å². The number of methoxy groups -OCH3 is 1. The fraction of sp³-hybridized carbons (Fsp3) is 0.167. The minimum atomic E-state index is -0.561. The van der Waals surface area contributed by atoms with Gasteiger partial charge in [0.1, 0.15) is 0 Å². The van der Waals surface area contributed by atoms with E-state index >= 15 is 0 Å². The van der Waals surface area contributed by atoms with Crippen LogP contribution >= 0.6 is 11.6 Å². The molecule has 1 amide bonds. The predicted molar refractivity (Wildman–Crippen MR) is 90.9 cm³/mol. The lowest BCUT2D eigenvalue weighted by atomic mass is 10.1. The summed E-state index contributed by atoms with van der Waals surface area (Å²) >= 11 is 5.94. The van der Waals surface area contributed by atoms with Gasteiger partial charge in [-0.15, -0.1) is 0 Å². The first-order chi connectivity index (χ1) is 11.5. The van der Waals surface area contributed by atoms with Crippen molar-refractivity contribution in [1.82, 2.24) is 0 Å². The summed E-state index contributed by atoms with van der Waals surface area (Å²) in [6.45, 7) is 0. The molecule has 1 N–H and O–H groups in total. The Kier molecular flexibility index (Phi) is 5.94. The van der Waals surface area contributed by atoms with Crippen molar-refractivity contribution in [3.63, 3.8) is 0 Å². The highest BCUT2D eigenvalue weighted by molar-refractivity contribution is 6.33. The minimum Gasteiger partial charge on any atom is -0.465 e. The normalized spacial score (nSPS) is 9.88. The molecule has 0 saturated carbocycles. The van der Waals surface area contributed by atoms with E-state index in [1.54, 1.807) is 18.2 Å². The molecule has 0 aliphatic heterocycles. The van der Waals surface area contributed by atoms with Crippen LogP contribution in [0.2, 0.25) is 5.02 Å². The first-order valence-corrected chi connectivity index (χ1v) is 7.58. The van der Waals surface area contributed by atoms with Gasteiger partial charge in [0.2, 0.25) is 5.91 Å². The standard InChI is InChI=1S/C18H15ClN2O3/c1-24-18(23)15-10-14(7-8-16(15)19)21-17(22)9-6-12-2-4-13(11-20)5-3-12/h2-5,7-8,10H,6,9H2,1H3,(H,21,22). The van der Waals surface area contributed by atoms with Gasteiger partial charge in [-0.3, -0.25) is 4.79 Å². The molecule has 2 rings (SSSR count). The minimum absolute atomic E-state index is 0.183. The van der Waals surface area contributed by atoms with Crippen molar-refractivity contribution in [2.45, 2.75) is 12.8 Å². The number of anilines is 1. The molecule has 5 nitrogen and oxygen atoms in total. The van der Waals surface area contributed by atoms with Gasteiger partial charge in [0.25, 0.3) is 0 Å². The van der Waals surface area contributed by atoms with Crippen molar-refractivity contribution in [3.8, 4) is 6.07 Å². The summed E-state index contributed by atoms with van der Waals surface area (Å²) in [6.07, 6.45) is 0.830. The van der Waals surface area contributed by atoms with Crippen LogP contribution in [0.3, 0.4) is 0 Å². The van der Waals surface area contributed by atoms with Gasteiger partial charge < -0.3 is 10.1 Å². The first-order valence-electron chi connectivity index (χ1n) is 7.20. The highest BCUT2D eigenvalue weighted by Gasteiger charge is 2.12. The summed E-state index contributed by atoms with van der Waals surface area (Å²) in [5.41, 5.74) is 2.23. The lowest BCUT2D eigenvalue weighted by Gasteiger charge is -2.08. The quantitative estimate of drug-likeness (QED) is 0.842. The Labute approximate surface area is 144 Å². The van der Waals surface area contributed by atoms with E-state index in [1.165, 1.54) is 19.2 Å². The number of hydrogen-bond donors (Lipinski definition) is 1. The number of nitriles is 1. The van der Waals surface area contributed by atoms with Crippen molar-refractivity contribution in [2.75, 3.05) is 12.4 Å². The summed E-state index contributed by atoms with van der Waals surface area (Å²) in [5.74, 6) is -0.744. The van der Waals surface area contributed by atoms with Crippen LogP contribution in [0.25, 0.3) is 0 Å². The third-order valence-electron chi connectivity index (χ3n) is 3.38. The van der Waals surface area contributed by atoms with Crippen LogP contribution in [0.5, 0.6) is 0 Å². The Morgan fingerprint density at radius 3 is 2.54 bits per heavy atom. The van der Waals surface area contributed by atoms with Gasteiger partial charge in [-0.2, -0.15) is 5.26 Å². The molecule has 2 aromatic rings. The monoisotopic (exact) mass is 342 g/mol. The van der Waals surface area contributed by atoms with Gasteiger partial charge in [0.05, 0.1) is 29.3 Å². The van der Waals surface area contributed by atoms with Crippen LogP contribution in [0.15, 0.2) is 42.5 Å². The lowest BCUT2D eigenvalue weighted by Crippen LogP contribution is -2.13. The van der Waals surface area contributed by atoms with Gasteiger partial charge in [0.15, 0.2) is 0 Å². The molecule has 0 heterocycles. The van der Waals surface area contributed by atoms with E-state index in [1.807, 2.05) is 18.2 Å². The fourth-order valence-electron chi connectivity index (χ4n) is 2.10. The van der Waals surface area contributed by atoms with Crippen LogP contribution in [0.4, 0.5) is 5.69 Å². The van der Waals surface area contributed by atoms with Gasteiger partial charge in [-0.05, 0) is 42.3 Å². The molecule has 0 unspecified atom stereocenters. The molecule has 122 valence electrons. The molecule has 0 bridgehead atoms. The number of amides is 1. The fourth-order valence-corrected chi connectivity index (χ4v) is 2.29. The molecule has 6 heteroatoms. The Morgan fingerprint density at radius 2 is 1.92 bits per heavy atom. The average Bonchev–Trinajstić information content (AvgIpc) is 2.61. The number of rotatable bonds is 5. The highest BCUT2D eigenvalue weighted by Crippen LogP contribution is 2.21. The van der Waals surface area contributed by atoms with Gasteiger partial charge in [-0.25, -0.2) is 4.79 Å². The zero-order chi connectivity index (χ0) is 17.5. The van der Waals surface area contributed by atoms with Crippen molar-refractivity contribution < 1.29 is 14.3 Å². The number of esters is 1. The Balaban J connectivity index is 1.97. The number of carbonyl (C=O) groups is 2. The maximum absolute atomic E-state index is 12.0. The zero-order valence-corrected chi connectivity index (χ0v) is 13.8. The van der Waals surface area contributed by atoms with Crippen LogP contribution in [0, 0.1) is 11.3 Å². The molecule has 0 spiro atoms. The van der Waals surface area contributed by atoms with Crippen LogP contribution in [-0.4, -0.2) is 19.0 Å². The third kappa shape index (κ3) is 4.58. The SMILES string of the molecule is COC(=O)c1cc(NC(=O)CCc2ccc(C#N)cc2)ccc1Cl. The molecule has 0 aliphatic rings. The Bertz CT molecular complexity index is 795. The molecule has 24 heavy (non-hydrogen) atoms. The number of benzene rings is 2. The zero-order valence-electron chi connectivity index (χ0n) is 13.0. The molecule has 0 saturated heterocycles. The van der Waals surface area contributed by atoms with Gasteiger partial charge in [0, 0.05) is 12.1 Å². The Morgan fingerprint density at radius 1 is 1.21 bits per heavy atom. The summed E-state index contributed by atoms with van der Waals surface area (Å²) in [5, 5.41) is 11.7. The number of aryl methyl sites for hydroxylation is 1. The van der Waals surface area contributed by atoms with Crippen molar-refractivity contribution in [2.24, 2.45) is 0 Å². The smallest absolute Gasteiger partial charge is 0.339 e. The van der Waals surface area contributed by atoms with Crippen LogP contribution in [0.1, 0.15) is 27.9 Å². The second-order valence-corrected chi connectivity index (χ2v) is 5.45. The number of hydrogen-bond acceptors (Lipinski definition) is 4. The number of nitrogens with one attached hydrogen (secondary N) is 1. The van der Waals surface area contributed by atoms with Gasteiger partial charge >= 0.3 is 5.97 Å². The maximum atomic E-state index is 12.0. The molecular formula is C18H15ClN2O3. The third-order valence-corrected chi connectivity index (χ3v) is 3.71. The number of ether oxygens (including phenoxy) is 1. The van der Waals surface area contributed by atoms with E-state index in [0.29, 0.717) is 17.7 Å². The first kappa shape index (κ1) is 17.5. The van der Waals surface area contributed by atoms with Crippen molar-refractivity contribution in [3.05, 3.63) is 64.2 Å². The number of carbonyl (C=O) groups excluding carboxylic acids is 2. The Hall–Kier alpha value is -2.84. The molecule has 0 aliphatic carbocycles. The topological polar surface area (TPSA) is 79.2 Å². The van der Waals surface area contributed by atoms with E-state index in [-0.39, 0.29) is 22.9 Å².